The monoisotopic (exact) mass is 305 g/mol. The van der Waals surface area contributed by atoms with E-state index in [0.29, 0.717) is 0 Å². The highest BCUT2D eigenvalue weighted by atomic mass is 79.9. The Morgan fingerprint density at radius 3 is 2.75 bits per heavy atom. The second kappa shape index (κ2) is 7.04. The number of hydrogen-bond acceptors (Lipinski definition) is 3. The number of aliphatic hydroxyl groups is 1. The summed E-state index contributed by atoms with van der Waals surface area (Å²) in [5.74, 6) is 0.0692. The quantitative estimate of drug-likeness (QED) is 0.821. The number of nitrogens with zero attached hydrogens (tertiary/aromatic N) is 1. The lowest BCUT2D eigenvalue weighted by Crippen LogP contribution is -2.27. The van der Waals surface area contributed by atoms with Gasteiger partial charge in [-0.2, -0.15) is 0 Å². The van der Waals surface area contributed by atoms with Crippen molar-refractivity contribution in [2.75, 3.05) is 20.2 Å². The molecule has 0 spiro atoms. The molecule has 0 bridgehead atoms. The Hall–Kier alpha value is -0.390. The molecule has 1 heterocycles. The van der Waals surface area contributed by atoms with Crippen LogP contribution < -0.4 is 0 Å². The van der Waals surface area contributed by atoms with E-state index in [1.54, 1.807) is 4.90 Å². The van der Waals surface area contributed by atoms with Crippen LogP contribution in [-0.2, 0) is 0 Å². The molecule has 1 N–H and O–H groups in total. The van der Waals surface area contributed by atoms with Gasteiger partial charge in [0.05, 0.1) is 8.66 Å². The Labute approximate surface area is 108 Å². The first-order valence-corrected chi connectivity index (χ1v) is 6.87. The van der Waals surface area contributed by atoms with Crippen molar-refractivity contribution in [1.82, 2.24) is 4.90 Å². The van der Waals surface area contributed by atoms with Gasteiger partial charge in [-0.05, 0) is 47.3 Å². The fourth-order valence-corrected chi connectivity index (χ4v) is 2.74. The third-order valence-electron chi connectivity index (χ3n) is 2.28. The highest BCUT2D eigenvalue weighted by Crippen LogP contribution is 2.23. The number of halogens is 1. The molecule has 90 valence electrons. The van der Waals surface area contributed by atoms with Crippen molar-refractivity contribution in [3.05, 3.63) is 20.8 Å². The predicted octanol–water partition coefficient (Wildman–Crippen LogP) is 2.75. The summed E-state index contributed by atoms with van der Waals surface area (Å²) in [5.41, 5.74) is 0. The first-order valence-electron chi connectivity index (χ1n) is 5.27. The van der Waals surface area contributed by atoms with Gasteiger partial charge in [-0.25, -0.2) is 0 Å². The van der Waals surface area contributed by atoms with Crippen molar-refractivity contribution >= 4 is 33.2 Å². The van der Waals surface area contributed by atoms with Gasteiger partial charge in [0.1, 0.15) is 0 Å². The molecule has 1 aromatic heterocycles. The van der Waals surface area contributed by atoms with E-state index in [9.17, 15) is 4.79 Å². The molecule has 5 heteroatoms. The molecular weight excluding hydrogens is 290 g/mol. The third kappa shape index (κ3) is 4.23. The molecule has 0 saturated heterocycles. The van der Waals surface area contributed by atoms with Gasteiger partial charge in [0.15, 0.2) is 0 Å². The Morgan fingerprint density at radius 1 is 1.44 bits per heavy atom. The molecule has 0 unspecified atom stereocenters. The van der Waals surface area contributed by atoms with Crippen LogP contribution in [0.4, 0.5) is 0 Å². The second-order valence-electron chi connectivity index (χ2n) is 3.61. The summed E-state index contributed by atoms with van der Waals surface area (Å²) in [4.78, 5) is 14.4. The summed E-state index contributed by atoms with van der Waals surface area (Å²) < 4.78 is 0.976. The molecule has 0 aromatic carbocycles. The zero-order valence-electron chi connectivity index (χ0n) is 9.28. The van der Waals surface area contributed by atoms with E-state index in [1.807, 2.05) is 19.2 Å². The molecule has 1 rings (SSSR count). The normalized spacial score (nSPS) is 10.4. The van der Waals surface area contributed by atoms with Crippen LogP contribution in [0.3, 0.4) is 0 Å². The van der Waals surface area contributed by atoms with Crippen molar-refractivity contribution in [2.24, 2.45) is 0 Å². The maximum absolute atomic E-state index is 11.9. The molecule has 3 nitrogen and oxygen atoms in total. The molecular formula is C11H16BrNO2S. The van der Waals surface area contributed by atoms with Crippen LogP contribution >= 0.6 is 27.3 Å². The van der Waals surface area contributed by atoms with Gasteiger partial charge in [-0.1, -0.05) is 0 Å². The van der Waals surface area contributed by atoms with E-state index in [0.717, 1.165) is 34.5 Å². The first-order chi connectivity index (χ1) is 7.65. The summed E-state index contributed by atoms with van der Waals surface area (Å²) in [6.45, 7) is 0.976. The van der Waals surface area contributed by atoms with Crippen molar-refractivity contribution in [1.29, 1.82) is 0 Å². The van der Waals surface area contributed by atoms with E-state index >= 15 is 0 Å². The molecule has 0 aliphatic rings. The summed E-state index contributed by atoms with van der Waals surface area (Å²) in [5, 5.41) is 8.64. The van der Waals surface area contributed by atoms with Crippen molar-refractivity contribution < 1.29 is 9.90 Å². The van der Waals surface area contributed by atoms with Gasteiger partial charge in [0.2, 0.25) is 0 Å². The van der Waals surface area contributed by atoms with Crippen LogP contribution in [0.2, 0.25) is 0 Å². The van der Waals surface area contributed by atoms with Crippen molar-refractivity contribution in [2.45, 2.75) is 19.3 Å². The number of carbonyl (C=O) groups excluding carboxylic acids is 1. The van der Waals surface area contributed by atoms with Gasteiger partial charge in [0.25, 0.3) is 5.91 Å². The maximum Gasteiger partial charge on any atom is 0.263 e. The maximum atomic E-state index is 11.9. The summed E-state index contributed by atoms with van der Waals surface area (Å²) in [6, 6.07) is 3.72. The average Bonchev–Trinajstić information content (AvgIpc) is 2.70. The van der Waals surface area contributed by atoms with Crippen LogP contribution in [-0.4, -0.2) is 36.1 Å². The van der Waals surface area contributed by atoms with E-state index in [1.165, 1.54) is 11.3 Å². The standard InChI is InChI=1S/C11H16BrNO2S/c1-13(7-3-2-4-8-14)11(15)9-5-6-10(12)16-9/h5-6,14H,2-4,7-8H2,1H3. The zero-order chi connectivity index (χ0) is 12.0. The zero-order valence-corrected chi connectivity index (χ0v) is 11.7. The fraction of sp³-hybridized carbons (Fsp3) is 0.545. The molecule has 0 radical (unpaired) electrons. The minimum Gasteiger partial charge on any atom is -0.396 e. The highest BCUT2D eigenvalue weighted by molar-refractivity contribution is 9.11. The minimum absolute atomic E-state index is 0.0692. The van der Waals surface area contributed by atoms with Crippen molar-refractivity contribution in [3.8, 4) is 0 Å². The van der Waals surface area contributed by atoms with Crippen LogP contribution in [0.5, 0.6) is 0 Å². The van der Waals surface area contributed by atoms with Crippen LogP contribution in [0, 0.1) is 0 Å². The third-order valence-corrected chi connectivity index (χ3v) is 3.89. The van der Waals surface area contributed by atoms with Crippen LogP contribution in [0.15, 0.2) is 15.9 Å². The Bertz CT molecular complexity index is 340. The molecule has 0 aliphatic carbocycles. The summed E-state index contributed by atoms with van der Waals surface area (Å²) in [6.07, 6.45) is 2.71. The SMILES string of the molecule is CN(CCCCCO)C(=O)c1ccc(Br)s1. The van der Waals surface area contributed by atoms with Crippen LogP contribution in [0.25, 0.3) is 0 Å². The molecule has 0 fully saturated rings. The first kappa shape index (κ1) is 13.7. The Morgan fingerprint density at radius 2 is 2.19 bits per heavy atom. The highest BCUT2D eigenvalue weighted by Gasteiger charge is 2.12. The minimum atomic E-state index is 0.0692. The fourth-order valence-electron chi connectivity index (χ4n) is 1.36. The van der Waals surface area contributed by atoms with E-state index < -0.39 is 0 Å². The molecule has 0 aliphatic heterocycles. The number of amides is 1. The topological polar surface area (TPSA) is 40.5 Å². The lowest BCUT2D eigenvalue weighted by Gasteiger charge is -2.15. The van der Waals surface area contributed by atoms with Crippen LogP contribution in [0.1, 0.15) is 28.9 Å². The number of rotatable bonds is 6. The molecule has 0 saturated carbocycles. The smallest absolute Gasteiger partial charge is 0.263 e. The Kier molecular flexibility index (Phi) is 6.01. The second-order valence-corrected chi connectivity index (χ2v) is 6.08. The predicted molar refractivity (Wildman–Crippen MR) is 69.9 cm³/mol. The summed E-state index contributed by atoms with van der Waals surface area (Å²) in [7, 11) is 1.81. The lowest BCUT2D eigenvalue weighted by molar-refractivity contribution is 0.0797. The van der Waals surface area contributed by atoms with Gasteiger partial charge in [-0.15, -0.1) is 11.3 Å². The number of carbonyl (C=O) groups is 1. The molecule has 0 atom stereocenters. The summed E-state index contributed by atoms with van der Waals surface area (Å²) >= 11 is 4.80. The lowest BCUT2D eigenvalue weighted by atomic mass is 10.2. The number of thiophene rings is 1. The van der Waals surface area contributed by atoms with E-state index in [4.69, 9.17) is 5.11 Å². The molecule has 1 aromatic rings. The Balaban J connectivity index is 2.36. The van der Waals surface area contributed by atoms with Crippen molar-refractivity contribution in [3.63, 3.8) is 0 Å². The van der Waals surface area contributed by atoms with Gasteiger partial charge >= 0.3 is 0 Å². The van der Waals surface area contributed by atoms with E-state index in [-0.39, 0.29) is 12.5 Å². The number of hydrogen-bond donors (Lipinski definition) is 1. The largest absolute Gasteiger partial charge is 0.396 e. The number of unbranched alkanes of at least 4 members (excludes halogenated alkanes) is 2. The van der Waals surface area contributed by atoms with E-state index in [2.05, 4.69) is 15.9 Å². The molecule has 1 amide bonds. The van der Waals surface area contributed by atoms with Gasteiger partial charge < -0.3 is 10.0 Å². The van der Waals surface area contributed by atoms with Gasteiger partial charge in [0, 0.05) is 20.2 Å². The number of aliphatic hydroxyl groups excluding tert-OH is 1. The van der Waals surface area contributed by atoms with Gasteiger partial charge in [-0.3, -0.25) is 4.79 Å². The average molecular weight is 306 g/mol. The molecule has 16 heavy (non-hydrogen) atoms.